The highest BCUT2D eigenvalue weighted by Gasteiger charge is 2.02. The highest BCUT2D eigenvalue weighted by molar-refractivity contribution is 6.30. The maximum atomic E-state index is 5.84. The van der Waals surface area contributed by atoms with E-state index < -0.39 is 0 Å². The van der Waals surface area contributed by atoms with Crippen LogP contribution in [-0.4, -0.2) is 0 Å². The fourth-order valence-electron chi connectivity index (χ4n) is 1.86. The van der Waals surface area contributed by atoms with Crippen LogP contribution in [0, 0.1) is 0 Å². The second-order valence-electron chi connectivity index (χ2n) is 4.13. The van der Waals surface area contributed by atoms with E-state index in [-0.39, 0.29) is 0 Å². The van der Waals surface area contributed by atoms with Gasteiger partial charge in [0, 0.05) is 23.0 Å². The van der Waals surface area contributed by atoms with Gasteiger partial charge in [0.15, 0.2) is 5.88 Å². The lowest BCUT2D eigenvalue weighted by atomic mass is 10.2. The SMILES string of the molecule is Clc1ccc(CNc2cc3ccccc3o2)cc1. The van der Waals surface area contributed by atoms with Gasteiger partial charge in [0.25, 0.3) is 0 Å². The molecule has 90 valence electrons. The van der Waals surface area contributed by atoms with E-state index in [9.17, 15) is 0 Å². The van der Waals surface area contributed by atoms with Crippen molar-refractivity contribution in [3.05, 3.63) is 65.2 Å². The monoisotopic (exact) mass is 257 g/mol. The van der Waals surface area contributed by atoms with Crippen LogP contribution in [0.1, 0.15) is 5.56 Å². The minimum absolute atomic E-state index is 0.719. The molecule has 3 aromatic rings. The Balaban J connectivity index is 1.74. The number of halogens is 1. The number of benzene rings is 2. The second kappa shape index (κ2) is 4.75. The number of furan rings is 1. The first kappa shape index (κ1) is 11.2. The van der Waals surface area contributed by atoms with Crippen LogP contribution < -0.4 is 5.32 Å². The lowest BCUT2D eigenvalue weighted by Crippen LogP contribution is -1.97. The lowest BCUT2D eigenvalue weighted by molar-refractivity contribution is 0.626. The van der Waals surface area contributed by atoms with E-state index in [0.717, 1.165) is 28.4 Å². The molecule has 0 amide bonds. The largest absolute Gasteiger partial charge is 0.441 e. The molecular formula is C15H12ClNO. The topological polar surface area (TPSA) is 25.2 Å². The van der Waals surface area contributed by atoms with Crippen molar-refractivity contribution in [2.24, 2.45) is 0 Å². The van der Waals surface area contributed by atoms with E-state index in [1.807, 2.05) is 54.6 Å². The number of nitrogens with one attached hydrogen (secondary N) is 1. The third kappa shape index (κ3) is 2.34. The predicted molar refractivity (Wildman–Crippen MR) is 75.0 cm³/mol. The molecule has 0 saturated carbocycles. The second-order valence-corrected chi connectivity index (χ2v) is 4.56. The predicted octanol–water partition coefficient (Wildman–Crippen LogP) is 4.70. The van der Waals surface area contributed by atoms with E-state index in [2.05, 4.69) is 5.32 Å². The average Bonchev–Trinajstić information content (AvgIpc) is 2.81. The lowest BCUT2D eigenvalue weighted by Gasteiger charge is -2.02. The van der Waals surface area contributed by atoms with Gasteiger partial charge in [-0.05, 0) is 23.8 Å². The molecular weight excluding hydrogens is 246 g/mol. The van der Waals surface area contributed by atoms with Gasteiger partial charge in [0.1, 0.15) is 5.58 Å². The molecule has 1 aromatic heterocycles. The summed E-state index contributed by atoms with van der Waals surface area (Å²) in [5.41, 5.74) is 2.07. The van der Waals surface area contributed by atoms with Crippen molar-refractivity contribution >= 4 is 28.5 Å². The number of anilines is 1. The smallest absolute Gasteiger partial charge is 0.194 e. The van der Waals surface area contributed by atoms with Crippen LogP contribution in [0.25, 0.3) is 11.0 Å². The van der Waals surface area contributed by atoms with Gasteiger partial charge in [-0.1, -0.05) is 41.9 Å². The quantitative estimate of drug-likeness (QED) is 0.736. The van der Waals surface area contributed by atoms with Gasteiger partial charge in [-0.25, -0.2) is 0 Å². The van der Waals surface area contributed by atoms with Gasteiger partial charge in [0.05, 0.1) is 0 Å². The standard InChI is InChI=1S/C15H12ClNO/c16-13-7-5-11(6-8-13)10-17-15-9-12-3-1-2-4-14(12)18-15/h1-9,17H,10H2. The van der Waals surface area contributed by atoms with Crippen molar-refractivity contribution in [3.8, 4) is 0 Å². The zero-order chi connectivity index (χ0) is 12.4. The summed E-state index contributed by atoms with van der Waals surface area (Å²) in [6.07, 6.45) is 0. The molecule has 2 nitrogen and oxygen atoms in total. The fourth-order valence-corrected chi connectivity index (χ4v) is 1.99. The van der Waals surface area contributed by atoms with E-state index in [0.29, 0.717) is 0 Å². The number of hydrogen-bond acceptors (Lipinski definition) is 2. The zero-order valence-corrected chi connectivity index (χ0v) is 10.4. The van der Waals surface area contributed by atoms with Gasteiger partial charge in [-0.15, -0.1) is 0 Å². The van der Waals surface area contributed by atoms with Crippen molar-refractivity contribution in [2.75, 3.05) is 5.32 Å². The minimum atomic E-state index is 0.719. The molecule has 1 N–H and O–H groups in total. The maximum Gasteiger partial charge on any atom is 0.194 e. The molecule has 18 heavy (non-hydrogen) atoms. The van der Waals surface area contributed by atoms with Gasteiger partial charge in [0.2, 0.25) is 0 Å². The van der Waals surface area contributed by atoms with Gasteiger partial charge < -0.3 is 9.73 Å². The van der Waals surface area contributed by atoms with E-state index in [4.69, 9.17) is 16.0 Å². The summed E-state index contributed by atoms with van der Waals surface area (Å²) >= 11 is 5.84. The fraction of sp³-hybridized carbons (Fsp3) is 0.0667. The van der Waals surface area contributed by atoms with Crippen LogP contribution in [0.3, 0.4) is 0 Å². The van der Waals surface area contributed by atoms with Crippen molar-refractivity contribution in [1.29, 1.82) is 0 Å². The number of para-hydroxylation sites is 1. The van der Waals surface area contributed by atoms with Crippen LogP contribution in [0.5, 0.6) is 0 Å². The average molecular weight is 258 g/mol. The summed E-state index contributed by atoms with van der Waals surface area (Å²) in [5, 5.41) is 5.12. The molecule has 0 aliphatic heterocycles. The van der Waals surface area contributed by atoms with E-state index in [1.54, 1.807) is 0 Å². The first-order chi connectivity index (χ1) is 8.81. The third-order valence-electron chi connectivity index (χ3n) is 2.81. The summed E-state index contributed by atoms with van der Waals surface area (Å²) in [6, 6.07) is 17.7. The van der Waals surface area contributed by atoms with Crippen molar-refractivity contribution in [1.82, 2.24) is 0 Å². The van der Waals surface area contributed by atoms with Crippen LogP contribution in [0.2, 0.25) is 5.02 Å². The molecule has 0 saturated heterocycles. The highest BCUT2D eigenvalue weighted by atomic mass is 35.5. The van der Waals surface area contributed by atoms with Crippen LogP contribution in [-0.2, 0) is 6.54 Å². The summed E-state index contributed by atoms with van der Waals surface area (Å²) in [7, 11) is 0. The van der Waals surface area contributed by atoms with Gasteiger partial charge in [-0.3, -0.25) is 0 Å². The Morgan fingerprint density at radius 1 is 1.00 bits per heavy atom. The van der Waals surface area contributed by atoms with Crippen LogP contribution >= 0.6 is 11.6 Å². The van der Waals surface area contributed by atoms with E-state index in [1.165, 1.54) is 5.56 Å². The van der Waals surface area contributed by atoms with E-state index >= 15 is 0 Å². The van der Waals surface area contributed by atoms with Crippen molar-refractivity contribution in [3.63, 3.8) is 0 Å². The highest BCUT2D eigenvalue weighted by Crippen LogP contribution is 2.23. The third-order valence-corrected chi connectivity index (χ3v) is 3.06. The molecule has 0 aliphatic rings. The summed E-state index contributed by atoms with van der Waals surface area (Å²) in [4.78, 5) is 0. The van der Waals surface area contributed by atoms with Crippen molar-refractivity contribution in [2.45, 2.75) is 6.54 Å². The first-order valence-electron chi connectivity index (χ1n) is 5.78. The summed E-state index contributed by atoms with van der Waals surface area (Å²) < 4.78 is 5.68. The molecule has 3 rings (SSSR count). The molecule has 0 radical (unpaired) electrons. The first-order valence-corrected chi connectivity index (χ1v) is 6.16. The molecule has 0 unspecified atom stereocenters. The summed E-state index contributed by atoms with van der Waals surface area (Å²) in [5.74, 6) is 0.783. The Kier molecular flexibility index (Phi) is 2.95. The molecule has 1 heterocycles. The molecule has 0 spiro atoms. The number of rotatable bonds is 3. The molecule has 0 atom stereocenters. The van der Waals surface area contributed by atoms with Crippen LogP contribution in [0.15, 0.2) is 59.0 Å². The summed E-state index contributed by atoms with van der Waals surface area (Å²) in [6.45, 7) is 0.719. The van der Waals surface area contributed by atoms with Gasteiger partial charge in [-0.2, -0.15) is 0 Å². The molecule has 3 heteroatoms. The molecule has 0 bridgehead atoms. The molecule has 0 aliphatic carbocycles. The molecule has 2 aromatic carbocycles. The Bertz CT molecular complexity index is 625. The molecule has 0 fully saturated rings. The van der Waals surface area contributed by atoms with Gasteiger partial charge >= 0.3 is 0 Å². The van der Waals surface area contributed by atoms with Crippen molar-refractivity contribution < 1.29 is 4.42 Å². The Labute approximate surface area is 110 Å². The Morgan fingerprint density at radius 2 is 1.78 bits per heavy atom. The Morgan fingerprint density at radius 3 is 2.56 bits per heavy atom. The minimum Gasteiger partial charge on any atom is -0.441 e. The zero-order valence-electron chi connectivity index (χ0n) is 9.69. The Hall–Kier alpha value is -1.93. The number of hydrogen-bond donors (Lipinski definition) is 1. The number of fused-ring (bicyclic) bond motifs is 1. The van der Waals surface area contributed by atoms with Crippen LogP contribution in [0.4, 0.5) is 5.88 Å². The maximum absolute atomic E-state index is 5.84. The normalized spacial score (nSPS) is 10.7.